The number of hydrogen-bond donors (Lipinski definition) is 1. The molecule has 1 N–H and O–H groups in total. The number of benzene rings is 2. The minimum atomic E-state index is -4.42. The van der Waals surface area contributed by atoms with E-state index in [-0.39, 0.29) is 6.54 Å². The van der Waals surface area contributed by atoms with Crippen molar-refractivity contribution in [3.8, 4) is 11.8 Å². The van der Waals surface area contributed by atoms with E-state index in [2.05, 4.69) is 25.7 Å². The largest absolute Gasteiger partial charge is 0.480 e. The highest BCUT2D eigenvalue weighted by molar-refractivity contribution is 5.69. The lowest BCUT2D eigenvalue weighted by Gasteiger charge is -2.24. The summed E-state index contributed by atoms with van der Waals surface area (Å²) in [4.78, 5) is 12.6. The molecule has 3 nitrogen and oxygen atoms in total. The Morgan fingerprint density at radius 2 is 1.63 bits per heavy atom. The average Bonchev–Trinajstić information content (AvgIpc) is 2.67. The predicted molar refractivity (Wildman–Crippen MR) is 111 cm³/mol. The first-order valence-corrected chi connectivity index (χ1v) is 9.45. The SMILES string of the molecule is CC(C)c1ccc(C#C/C=C/C(c2ccc(C(F)(F)F)cc2)N(C)CC(=O)O)cc1. The lowest BCUT2D eigenvalue weighted by molar-refractivity contribution is -0.138. The first-order valence-electron chi connectivity index (χ1n) is 9.45. The molecular formula is C24H24F3NO2. The van der Waals surface area contributed by atoms with Crippen LogP contribution in [0.1, 0.15) is 48.1 Å². The van der Waals surface area contributed by atoms with E-state index in [1.807, 2.05) is 24.3 Å². The molecule has 2 aromatic carbocycles. The van der Waals surface area contributed by atoms with E-state index in [0.717, 1.165) is 17.7 Å². The van der Waals surface area contributed by atoms with Gasteiger partial charge in [-0.15, -0.1) is 0 Å². The summed E-state index contributed by atoms with van der Waals surface area (Å²) in [5.41, 5.74) is 1.85. The molecule has 0 aromatic heterocycles. The number of hydrogen-bond acceptors (Lipinski definition) is 2. The average molecular weight is 415 g/mol. The predicted octanol–water partition coefficient (Wildman–Crippen LogP) is 5.49. The molecule has 30 heavy (non-hydrogen) atoms. The molecular weight excluding hydrogens is 391 g/mol. The van der Waals surface area contributed by atoms with Crippen LogP contribution in [0.15, 0.2) is 60.7 Å². The summed E-state index contributed by atoms with van der Waals surface area (Å²) in [5.74, 6) is 5.32. The van der Waals surface area contributed by atoms with Crippen molar-refractivity contribution < 1.29 is 23.1 Å². The summed E-state index contributed by atoms with van der Waals surface area (Å²) in [6, 6.07) is 12.1. The van der Waals surface area contributed by atoms with Crippen LogP contribution in [0.25, 0.3) is 0 Å². The van der Waals surface area contributed by atoms with Gasteiger partial charge in [0.2, 0.25) is 0 Å². The number of allylic oxidation sites excluding steroid dienone is 1. The first kappa shape index (κ1) is 23.2. The van der Waals surface area contributed by atoms with Gasteiger partial charge in [0.1, 0.15) is 0 Å². The Balaban J connectivity index is 2.22. The minimum Gasteiger partial charge on any atom is -0.480 e. The second kappa shape index (κ2) is 10.1. The summed E-state index contributed by atoms with van der Waals surface area (Å²) in [7, 11) is 1.60. The van der Waals surface area contributed by atoms with Crippen LogP contribution in [-0.4, -0.2) is 29.6 Å². The zero-order valence-electron chi connectivity index (χ0n) is 17.1. The van der Waals surface area contributed by atoms with Crippen molar-refractivity contribution in [2.45, 2.75) is 32.0 Å². The van der Waals surface area contributed by atoms with Crippen LogP contribution in [0.5, 0.6) is 0 Å². The fourth-order valence-corrected chi connectivity index (χ4v) is 2.91. The molecule has 0 aliphatic rings. The van der Waals surface area contributed by atoms with Crippen LogP contribution in [0.2, 0.25) is 0 Å². The van der Waals surface area contributed by atoms with Gasteiger partial charge in [0.15, 0.2) is 0 Å². The third kappa shape index (κ3) is 6.78. The fourth-order valence-electron chi connectivity index (χ4n) is 2.91. The number of likely N-dealkylation sites (N-methyl/N-ethyl adjacent to an activating group) is 1. The van der Waals surface area contributed by atoms with Crippen molar-refractivity contribution in [1.29, 1.82) is 0 Å². The lowest BCUT2D eigenvalue weighted by Crippen LogP contribution is -2.29. The van der Waals surface area contributed by atoms with Gasteiger partial charge in [-0.3, -0.25) is 9.69 Å². The number of nitrogens with zero attached hydrogens (tertiary/aromatic N) is 1. The zero-order chi connectivity index (χ0) is 22.3. The van der Waals surface area contributed by atoms with Crippen molar-refractivity contribution in [3.63, 3.8) is 0 Å². The Kier molecular flexibility index (Phi) is 7.85. The maximum atomic E-state index is 12.8. The summed E-state index contributed by atoms with van der Waals surface area (Å²) in [6.07, 6.45) is -1.15. The third-order valence-corrected chi connectivity index (χ3v) is 4.59. The number of alkyl halides is 3. The molecule has 0 aliphatic heterocycles. The highest BCUT2D eigenvalue weighted by atomic mass is 19.4. The van der Waals surface area contributed by atoms with Gasteiger partial charge in [0, 0.05) is 5.56 Å². The zero-order valence-corrected chi connectivity index (χ0v) is 17.1. The molecule has 0 aliphatic carbocycles. The van der Waals surface area contributed by atoms with Gasteiger partial charge in [0.05, 0.1) is 18.2 Å². The van der Waals surface area contributed by atoms with Gasteiger partial charge in [-0.05, 0) is 54.4 Å². The highest BCUT2D eigenvalue weighted by Crippen LogP contribution is 2.31. The monoisotopic (exact) mass is 415 g/mol. The maximum Gasteiger partial charge on any atom is 0.416 e. The number of halogens is 3. The normalized spacial score (nSPS) is 12.8. The lowest BCUT2D eigenvalue weighted by atomic mass is 10.0. The van der Waals surface area contributed by atoms with Crippen molar-refractivity contribution in [2.24, 2.45) is 0 Å². The molecule has 1 unspecified atom stereocenters. The summed E-state index contributed by atoms with van der Waals surface area (Å²) in [6.45, 7) is 3.96. The van der Waals surface area contributed by atoms with E-state index >= 15 is 0 Å². The summed E-state index contributed by atoms with van der Waals surface area (Å²) >= 11 is 0. The third-order valence-electron chi connectivity index (χ3n) is 4.59. The van der Waals surface area contributed by atoms with E-state index in [0.29, 0.717) is 11.5 Å². The van der Waals surface area contributed by atoms with E-state index < -0.39 is 23.8 Å². The van der Waals surface area contributed by atoms with Gasteiger partial charge >= 0.3 is 12.1 Å². The Bertz CT molecular complexity index is 934. The molecule has 2 aromatic rings. The topological polar surface area (TPSA) is 40.5 Å². The molecule has 2 rings (SSSR count). The molecule has 1 atom stereocenters. The van der Waals surface area contributed by atoms with E-state index in [1.165, 1.54) is 22.6 Å². The molecule has 0 saturated heterocycles. The standard InChI is InChI=1S/C24H24F3NO2/c1-17(2)19-10-8-18(9-11-19)6-4-5-7-22(28(3)16-23(29)30)20-12-14-21(15-13-20)24(25,26)27/h5,7-15,17,22H,16H2,1-3H3,(H,29,30)/b7-5+. The number of carboxylic acid groups (broad SMARTS) is 1. The van der Waals surface area contributed by atoms with Gasteiger partial charge < -0.3 is 5.11 Å². The quantitative estimate of drug-likeness (QED) is 0.634. The van der Waals surface area contributed by atoms with Crippen molar-refractivity contribution in [2.75, 3.05) is 13.6 Å². The number of carbonyl (C=O) groups is 1. The summed E-state index contributed by atoms with van der Waals surface area (Å²) < 4.78 is 38.4. The summed E-state index contributed by atoms with van der Waals surface area (Å²) in [5, 5.41) is 9.07. The Labute approximate surface area is 174 Å². The van der Waals surface area contributed by atoms with Crippen LogP contribution < -0.4 is 0 Å². The van der Waals surface area contributed by atoms with Crippen molar-refractivity contribution >= 4 is 5.97 Å². The van der Waals surface area contributed by atoms with Crippen molar-refractivity contribution in [1.82, 2.24) is 4.90 Å². The molecule has 0 amide bonds. The highest BCUT2D eigenvalue weighted by Gasteiger charge is 2.30. The second-order valence-corrected chi connectivity index (χ2v) is 7.28. The van der Waals surface area contributed by atoms with Gasteiger partial charge in [-0.2, -0.15) is 13.2 Å². The minimum absolute atomic E-state index is 0.264. The smallest absolute Gasteiger partial charge is 0.416 e. The molecule has 0 saturated carbocycles. The first-order chi connectivity index (χ1) is 14.1. The molecule has 6 heteroatoms. The molecule has 0 heterocycles. The van der Waals surface area contributed by atoms with E-state index in [1.54, 1.807) is 19.2 Å². The van der Waals surface area contributed by atoms with Crippen LogP contribution in [0.3, 0.4) is 0 Å². The van der Waals surface area contributed by atoms with Gasteiger partial charge in [-0.1, -0.05) is 56.0 Å². The number of aliphatic carboxylic acids is 1. The Hall–Kier alpha value is -3.04. The van der Waals surface area contributed by atoms with Crippen LogP contribution in [0.4, 0.5) is 13.2 Å². The Morgan fingerprint density at radius 1 is 1.07 bits per heavy atom. The van der Waals surface area contributed by atoms with Gasteiger partial charge in [0.25, 0.3) is 0 Å². The van der Waals surface area contributed by atoms with Crippen LogP contribution >= 0.6 is 0 Å². The van der Waals surface area contributed by atoms with Crippen molar-refractivity contribution in [3.05, 3.63) is 82.9 Å². The fraction of sp³-hybridized carbons (Fsp3) is 0.292. The number of carboxylic acids is 1. The van der Waals surface area contributed by atoms with Crippen LogP contribution in [-0.2, 0) is 11.0 Å². The molecule has 0 spiro atoms. The van der Waals surface area contributed by atoms with E-state index in [4.69, 9.17) is 5.11 Å². The molecule has 0 bridgehead atoms. The maximum absolute atomic E-state index is 12.8. The van der Waals surface area contributed by atoms with E-state index in [9.17, 15) is 18.0 Å². The number of rotatable bonds is 6. The van der Waals surface area contributed by atoms with Crippen LogP contribution in [0, 0.1) is 11.8 Å². The molecule has 0 fully saturated rings. The second-order valence-electron chi connectivity index (χ2n) is 7.28. The molecule has 0 radical (unpaired) electrons. The Morgan fingerprint density at radius 3 is 2.13 bits per heavy atom. The van der Waals surface area contributed by atoms with Gasteiger partial charge in [-0.25, -0.2) is 0 Å². The molecule has 158 valence electrons.